The molecule has 3 aromatic heterocycles. The van der Waals surface area contributed by atoms with Gasteiger partial charge in [-0.2, -0.15) is 0 Å². The van der Waals surface area contributed by atoms with E-state index in [2.05, 4.69) is 124 Å². The molecular weight excluding hydrogens is 581 g/mol. The Kier molecular flexibility index (Phi) is 6.19. The van der Waals surface area contributed by atoms with Gasteiger partial charge >= 0.3 is 0 Å². The zero-order chi connectivity index (χ0) is 30.7. The minimum absolute atomic E-state index is 0.797. The Morgan fingerprint density at radius 1 is 0.565 bits per heavy atom. The summed E-state index contributed by atoms with van der Waals surface area (Å²) < 4.78 is 19.8. The number of fused-ring (bicyclic) bond motifs is 7. The Bertz CT molecular complexity index is 2540. The number of hydrogen-bond donors (Lipinski definition) is 0. The maximum atomic E-state index is 15.1. The van der Waals surface area contributed by atoms with Gasteiger partial charge in [-0.15, -0.1) is 0 Å². The van der Waals surface area contributed by atoms with Gasteiger partial charge in [0.25, 0.3) is 0 Å². The second-order valence-electron chi connectivity index (χ2n) is 11.8. The highest BCUT2D eigenvalue weighted by atomic mass is 31.2. The van der Waals surface area contributed by atoms with Gasteiger partial charge in [-0.05, 0) is 66.7 Å². The van der Waals surface area contributed by atoms with E-state index < -0.39 is 7.14 Å². The Morgan fingerprint density at radius 3 is 1.87 bits per heavy atom. The van der Waals surface area contributed by atoms with Crippen LogP contribution in [-0.2, 0) is 4.57 Å². The molecule has 0 saturated carbocycles. The molecule has 46 heavy (non-hydrogen) atoms. The number of para-hydroxylation sites is 3. The number of allylic oxidation sites excluding steroid dienone is 4. The van der Waals surface area contributed by atoms with Gasteiger partial charge in [-0.3, -0.25) is 4.98 Å². The van der Waals surface area contributed by atoms with Crippen molar-refractivity contribution < 1.29 is 4.57 Å². The molecule has 1 aliphatic rings. The summed E-state index contributed by atoms with van der Waals surface area (Å²) in [6.07, 6.45) is 9.98. The van der Waals surface area contributed by atoms with Crippen LogP contribution in [0, 0.1) is 0 Å². The Morgan fingerprint density at radius 2 is 1.15 bits per heavy atom. The summed E-state index contributed by atoms with van der Waals surface area (Å²) in [6.45, 7) is 0. The monoisotopic (exact) mass is 611 g/mol. The van der Waals surface area contributed by atoms with E-state index in [1.807, 2.05) is 42.6 Å². The van der Waals surface area contributed by atoms with Crippen LogP contribution in [0.4, 0.5) is 0 Å². The van der Waals surface area contributed by atoms with Crippen LogP contribution in [0.1, 0.15) is 12.8 Å². The van der Waals surface area contributed by atoms with E-state index in [0.29, 0.717) is 0 Å². The number of hydrogen-bond acceptors (Lipinski definition) is 2. The topological polar surface area (TPSA) is 39.8 Å². The van der Waals surface area contributed by atoms with Gasteiger partial charge in [0.15, 0.2) is 7.14 Å². The lowest BCUT2D eigenvalue weighted by Gasteiger charge is -2.24. The molecule has 5 aromatic carbocycles. The van der Waals surface area contributed by atoms with Gasteiger partial charge in [0, 0.05) is 44.3 Å². The van der Waals surface area contributed by atoms with Gasteiger partial charge < -0.3 is 13.7 Å². The predicted molar refractivity (Wildman–Crippen MR) is 193 cm³/mol. The van der Waals surface area contributed by atoms with Crippen molar-refractivity contribution in [3.8, 4) is 11.4 Å². The van der Waals surface area contributed by atoms with E-state index in [1.54, 1.807) is 0 Å². The molecule has 1 aliphatic carbocycles. The molecule has 4 nitrogen and oxygen atoms in total. The molecule has 0 bridgehead atoms. The lowest BCUT2D eigenvalue weighted by Crippen LogP contribution is -2.18. The zero-order valence-electron chi connectivity index (χ0n) is 25.1. The first-order valence-electron chi connectivity index (χ1n) is 15.7. The summed E-state index contributed by atoms with van der Waals surface area (Å²) in [5.74, 6) is 0. The van der Waals surface area contributed by atoms with Crippen molar-refractivity contribution in [2.45, 2.75) is 12.8 Å². The van der Waals surface area contributed by atoms with E-state index in [4.69, 9.17) is 4.98 Å². The molecule has 0 N–H and O–H groups in total. The average molecular weight is 612 g/mol. The molecule has 0 fully saturated rings. The number of nitrogens with zero attached hydrogens (tertiary/aromatic N) is 3. The first-order valence-corrected chi connectivity index (χ1v) is 17.4. The predicted octanol–water partition coefficient (Wildman–Crippen LogP) is 9.82. The molecular formula is C41H30N3OP. The van der Waals surface area contributed by atoms with Crippen molar-refractivity contribution >= 4 is 61.5 Å². The lowest BCUT2D eigenvalue weighted by atomic mass is 10.2. The summed E-state index contributed by atoms with van der Waals surface area (Å²) >= 11 is 0. The van der Waals surface area contributed by atoms with Crippen molar-refractivity contribution in [3.05, 3.63) is 163 Å². The van der Waals surface area contributed by atoms with Crippen LogP contribution in [-0.4, -0.2) is 14.1 Å². The van der Waals surface area contributed by atoms with E-state index in [0.717, 1.165) is 78.5 Å². The SMILES string of the molecule is O=P(C1=CC=CCC1)(c1ccccc1)c1ccc(-n2c3ccccc3c3ncc4c5ccccc5n(-c5ccccc5)c4c32)cc1. The minimum Gasteiger partial charge on any atom is -0.309 e. The summed E-state index contributed by atoms with van der Waals surface area (Å²) in [7, 11) is -3.02. The second kappa shape index (κ2) is 10.6. The standard InChI is InChI=1S/C41H30N3OP/c45-46(31-16-6-2-7-17-31,32-18-8-3-9-19-32)33-26-24-30(25-27-33)44-38-23-13-11-21-35(38)39-41(44)40-36(28-42-39)34-20-10-12-22-37(34)43(40)29-14-4-1-5-15-29/h1-8,10-18,20-28H,9,19H2. The fraction of sp³-hybridized carbons (Fsp3) is 0.0488. The fourth-order valence-corrected chi connectivity index (χ4v) is 10.1. The van der Waals surface area contributed by atoms with Crippen LogP contribution in [0.2, 0.25) is 0 Å². The number of rotatable bonds is 5. The molecule has 0 saturated heterocycles. The quantitative estimate of drug-likeness (QED) is 0.182. The largest absolute Gasteiger partial charge is 0.309 e. The number of aromatic nitrogens is 3. The van der Waals surface area contributed by atoms with Crippen LogP contribution in [0.15, 0.2) is 163 Å². The normalized spacial score (nSPS) is 14.7. The third-order valence-corrected chi connectivity index (χ3v) is 12.5. The highest BCUT2D eigenvalue weighted by Crippen LogP contribution is 2.54. The molecule has 0 spiro atoms. The molecule has 0 radical (unpaired) electrons. The van der Waals surface area contributed by atoms with Crippen molar-refractivity contribution in [2.24, 2.45) is 0 Å². The molecule has 220 valence electrons. The third kappa shape index (κ3) is 3.94. The van der Waals surface area contributed by atoms with Crippen LogP contribution in [0.25, 0.3) is 55.1 Å². The van der Waals surface area contributed by atoms with Crippen molar-refractivity contribution in [3.63, 3.8) is 0 Å². The smallest absolute Gasteiger partial charge is 0.167 e. The van der Waals surface area contributed by atoms with E-state index in [1.165, 1.54) is 5.39 Å². The van der Waals surface area contributed by atoms with Crippen LogP contribution in [0.3, 0.4) is 0 Å². The van der Waals surface area contributed by atoms with Gasteiger partial charge in [-0.25, -0.2) is 0 Å². The molecule has 1 unspecified atom stereocenters. The van der Waals surface area contributed by atoms with E-state index >= 15 is 4.57 Å². The average Bonchev–Trinajstić information content (AvgIpc) is 3.66. The maximum absolute atomic E-state index is 15.1. The van der Waals surface area contributed by atoms with Crippen molar-refractivity contribution in [1.29, 1.82) is 0 Å². The Balaban J connectivity index is 1.34. The van der Waals surface area contributed by atoms with Crippen LogP contribution in [0.5, 0.6) is 0 Å². The molecule has 0 amide bonds. The molecule has 9 rings (SSSR count). The lowest BCUT2D eigenvalue weighted by molar-refractivity contribution is 0.589. The summed E-state index contributed by atoms with van der Waals surface area (Å²) in [4.78, 5) is 5.11. The van der Waals surface area contributed by atoms with Gasteiger partial charge in [0.2, 0.25) is 0 Å². The van der Waals surface area contributed by atoms with E-state index in [-0.39, 0.29) is 0 Å². The third-order valence-electron chi connectivity index (χ3n) is 9.31. The molecule has 1 atom stereocenters. The number of pyridine rings is 1. The van der Waals surface area contributed by atoms with E-state index in [9.17, 15) is 0 Å². The van der Waals surface area contributed by atoms with Crippen LogP contribution < -0.4 is 10.6 Å². The van der Waals surface area contributed by atoms with Gasteiger partial charge in [0.05, 0.1) is 27.6 Å². The molecule has 0 aliphatic heterocycles. The summed E-state index contributed by atoms with van der Waals surface area (Å²) in [5.41, 5.74) is 7.47. The summed E-state index contributed by atoms with van der Waals surface area (Å²) in [5, 5.41) is 6.11. The highest BCUT2D eigenvalue weighted by Gasteiger charge is 2.32. The fourth-order valence-electron chi connectivity index (χ4n) is 7.23. The zero-order valence-corrected chi connectivity index (χ0v) is 26.0. The Labute approximate surface area is 266 Å². The molecule has 3 heterocycles. The minimum atomic E-state index is -3.02. The maximum Gasteiger partial charge on any atom is 0.167 e. The first kappa shape index (κ1) is 26.9. The highest BCUT2D eigenvalue weighted by molar-refractivity contribution is 7.82. The second-order valence-corrected chi connectivity index (χ2v) is 14.7. The van der Waals surface area contributed by atoms with Gasteiger partial charge in [0.1, 0.15) is 0 Å². The molecule has 8 aromatic rings. The van der Waals surface area contributed by atoms with Crippen molar-refractivity contribution in [2.75, 3.05) is 0 Å². The van der Waals surface area contributed by atoms with Crippen LogP contribution >= 0.6 is 7.14 Å². The number of benzene rings is 5. The summed E-state index contributed by atoms with van der Waals surface area (Å²) in [6, 6.07) is 46.0. The first-order chi connectivity index (χ1) is 22.7. The van der Waals surface area contributed by atoms with Gasteiger partial charge in [-0.1, -0.05) is 103 Å². The van der Waals surface area contributed by atoms with Crippen molar-refractivity contribution in [1.82, 2.24) is 14.1 Å². The molecule has 5 heteroatoms. The Hall–Kier alpha value is -5.44.